The molecule has 0 saturated carbocycles. The smallest absolute Gasteiger partial charge is 0.133 e. The highest BCUT2D eigenvalue weighted by molar-refractivity contribution is 5.49. The van der Waals surface area contributed by atoms with Crippen molar-refractivity contribution in [2.24, 2.45) is 5.92 Å². The molecule has 19 heavy (non-hydrogen) atoms. The van der Waals surface area contributed by atoms with Crippen LogP contribution in [0.25, 0.3) is 0 Å². The van der Waals surface area contributed by atoms with Crippen LogP contribution in [0.3, 0.4) is 0 Å². The first-order valence-electron chi connectivity index (χ1n) is 7.15. The van der Waals surface area contributed by atoms with Crippen LogP contribution in [-0.4, -0.2) is 50.2 Å². The second-order valence-corrected chi connectivity index (χ2v) is 5.32. The molecule has 1 saturated heterocycles. The SMILES string of the molecule is CCN(C)c1cc(N(C)CCC2CCNC2)ncn1. The molecular weight excluding hydrogens is 238 g/mol. The normalized spacial score (nSPS) is 18.6. The molecule has 2 rings (SSSR count). The van der Waals surface area contributed by atoms with Crippen LogP contribution < -0.4 is 15.1 Å². The zero-order chi connectivity index (χ0) is 13.7. The summed E-state index contributed by atoms with van der Waals surface area (Å²) in [4.78, 5) is 13.0. The summed E-state index contributed by atoms with van der Waals surface area (Å²) in [5, 5.41) is 3.42. The highest BCUT2D eigenvalue weighted by atomic mass is 15.2. The second kappa shape index (κ2) is 6.70. The lowest BCUT2D eigenvalue weighted by molar-refractivity contribution is 0.532. The summed E-state index contributed by atoms with van der Waals surface area (Å²) in [5.41, 5.74) is 0. The summed E-state index contributed by atoms with van der Waals surface area (Å²) in [6.45, 7) is 6.47. The fourth-order valence-electron chi connectivity index (χ4n) is 2.37. The third kappa shape index (κ3) is 3.80. The van der Waals surface area contributed by atoms with Crippen LogP contribution in [0.1, 0.15) is 19.8 Å². The van der Waals surface area contributed by atoms with Gasteiger partial charge in [-0.3, -0.25) is 0 Å². The van der Waals surface area contributed by atoms with Gasteiger partial charge in [0.2, 0.25) is 0 Å². The average molecular weight is 263 g/mol. The molecule has 0 bridgehead atoms. The summed E-state index contributed by atoms with van der Waals surface area (Å²) < 4.78 is 0. The lowest BCUT2D eigenvalue weighted by Crippen LogP contribution is -2.24. The van der Waals surface area contributed by atoms with Crippen molar-refractivity contribution in [2.45, 2.75) is 19.8 Å². The van der Waals surface area contributed by atoms with Crippen molar-refractivity contribution in [3.05, 3.63) is 12.4 Å². The lowest BCUT2D eigenvalue weighted by Gasteiger charge is -2.22. The highest BCUT2D eigenvalue weighted by Crippen LogP contribution is 2.18. The largest absolute Gasteiger partial charge is 0.360 e. The highest BCUT2D eigenvalue weighted by Gasteiger charge is 2.15. The Morgan fingerprint density at radius 1 is 1.26 bits per heavy atom. The maximum absolute atomic E-state index is 4.37. The van der Waals surface area contributed by atoms with Crippen molar-refractivity contribution in [1.29, 1.82) is 0 Å². The molecule has 106 valence electrons. The Labute approximate surface area is 116 Å². The summed E-state index contributed by atoms with van der Waals surface area (Å²) >= 11 is 0. The summed E-state index contributed by atoms with van der Waals surface area (Å²) in [6, 6.07) is 2.07. The van der Waals surface area contributed by atoms with Gasteiger partial charge >= 0.3 is 0 Å². The number of nitrogens with zero attached hydrogens (tertiary/aromatic N) is 4. The number of aromatic nitrogens is 2. The van der Waals surface area contributed by atoms with Crippen molar-refractivity contribution in [3.63, 3.8) is 0 Å². The first kappa shape index (κ1) is 14.1. The zero-order valence-electron chi connectivity index (χ0n) is 12.3. The van der Waals surface area contributed by atoms with E-state index in [1.165, 1.54) is 25.9 Å². The van der Waals surface area contributed by atoms with Gasteiger partial charge in [0, 0.05) is 33.3 Å². The van der Waals surface area contributed by atoms with E-state index in [0.717, 1.165) is 30.6 Å². The zero-order valence-corrected chi connectivity index (χ0v) is 12.3. The van der Waals surface area contributed by atoms with E-state index in [1.54, 1.807) is 6.33 Å². The van der Waals surface area contributed by atoms with E-state index < -0.39 is 0 Å². The maximum Gasteiger partial charge on any atom is 0.133 e. The van der Waals surface area contributed by atoms with E-state index in [2.05, 4.69) is 52.2 Å². The fourth-order valence-corrected chi connectivity index (χ4v) is 2.37. The molecule has 1 aliphatic heterocycles. The van der Waals surface area contributed by atoms with Crippen LogP contribution >= 0.6 is 0 Å². The molecule has 1 aromatic rings. The molecule has 1 unspecified atom stereocenters. The third-order valence-corrected chi connectivity index (χ3v) is 3.93. The Hall–Kier alpha value is -1.36. The van der Waals surface area contributed by atoms with Gasteiger partial charge in [-0.2, -0.15) is 0 Å². The van der Waals surface area contributed by atoms with Crippen LogP contribution in [-0.2, 0) is 0 Å². The summed E-state index contributed by atoms with van der Waals surface area (Å²) in [6.07, 6.45) is 4.19. The van der Waals surface area contributed by atoms with Crippen LogP contribution in [0.15, 0.2) is 12.4 Å². The summed E-state index contributed by atoms with van der Waals surface area (Å²) in [5.74, 6) is 2.82. The van der Waals surface area contributed by atoms with Crippen molar-refractivity contribution >= 4 is 11.6 Å². The van der Waals surface area contributed by atoms with E-state index in [-0.39, 0.29) is 0 Å². The minimum atomic E-state index is 0.821. The molecule has 0 aromatic carbocycles. The third-order valence-electron chi connectivity index (χ3n) is 3.93. The Morgan fingerprint density at radius 2 is 2.00 bits per heavy atom. The van der Waals surface area contributed by atoms with Crippen LogP contribution in [0, 0.1) is 5.92 Å². The molecular formula is C14H25N5. The second-order valence-electron chi connectivity index (χ2n) is 5.32. The fraction of sp³-hybridized carbons (Fsp3) is 0.714. The van der Waals surface area contributed by atoms with Gasteiger partial charge in [0.25, 0.3) is 0 Å². The Morgan fingerprint density at radius 3 is 2.63 bits per heavy atom. The number of hydrogen-bond acceptors (Lipinski definition) is 5. The minimum Gasteiger partial charge on any atom is -0.360 e. The molecule has 5 heteroatoms. The van der Waals surface area contributed by atoms with E-state index in [1.807, 2.05) is 0 Å². The predicted molar refractivity (Wildman–Crippen MR) is 79.8 cm³/mol. The molecule has 5 nitrogen and oxygen atoms in total. The monoisotopic (exact) mass is 263 g/mol. The van der Waals surface area contributed by atoms with Gasteiger partial charge in [-0.05, 0) is 38.8 Å². The number of anilines is 2. The molecule has 1 N–H and O–H groups in total. The van der Waals surface area contributed by atoms with Crippen molar-refractivity contribution in [2.75, 3.05) is 50.1 Å². The number of nitrogens with one attached hydrogen (secondary N) is 1. The average Bonchev–Trinajstić information content (AvgIpc) is 2.97. The van der Waals surface area contributed by atoms with Gasteiger partial charge < -0.3 is 15.1 Å². The minimum absolute atomic E-state index is 0.821. The van der Waals surface area contributed by atoms with E-state index in [9.17, 15) is 0 Å². The molecule has 0 radical (unpaired) electrons. The van der Waals surface area contributed by atoms with Crippen molar-refractivity contribution in [1.82, 2.24) is 15.3 Å². The Kier molecular flexibility index (Phi) is 4.96. The van der Waals surface area contributed by atoms with Gasteiger partial charge in [-0.1, -0.05) is 0 Å². The molecule has 0 spiro atoms. The van der Waals surface area contributed by atoms with Gasteiger partial charge in [-0.15, -0.1) is 0 Å². The molecule has 0 amide bonds. The first-order valence-corrected chi connectivity index (χ1v) is 7.15. The summed E-state index contributed by atoms with van der Waals surface area (Å²) in [7, 11) is 4.16. The standard InChI is InChI=1S/C14H25N5/c1-4-18(2)13-9-14(17-11-16-13)19(3)8-6-12-5-7-15-10-12/h9,11-12,15H,4-8,10H2,1-3H3. The van der Waals surface area contributed by atoms with Crippen LogP contribution in [0.5, 0.6) is 0 Å². The number of rotatable bonds is 6. The van der Waals surface area contributed by atoms with Gasteiger partial charge in [0.1, 0.15) is 18.0 Å². The quantitative estimate of drug-likeness (QED) is 0.840. The Balaban J connectivity index is 1.92. The van der Waals surface area contributed by atoms with E-state index >= 15 is 0 Å². The molecule has 1 aliphatic rings. The van der Waals surface area contributed by atoms with E-state index in [0.29, 0.717) is 0 Å². The lowest BCUT2D eigenvalue weighted by atomic mass is 10.1. The van der Waals surface area contributed by atoms with E-state index in [4.69, 9.17) is 0 Å². The predicted octanol–water partition coefficient (Wildman–Crippen LogP) is 1.37. The molecule has 1 fully saturated rings. The maximum atomic E-state index is 4.37. The van der Waals surface area contributed by atoms with Crippen LogP contribution in [0.4, 0.5) is 11.6 Å². The number of hydrogen-bond donors (Lipinski definition) is 1. The molecule has 1 atom stereocenters. The first-order chi connectivity index (χ1) is 9.20. The molecule has 2 heterocycles. The van der Waals surface area contributed by atoms with Crippen LogP contribution in [0.2, 0.25) is 0 Å². The van der Waals surface area contributed by atoms with Gasteiger partial charge in [0.05, 0.1) is 0 Å². The molecule has 1 aromatic heterocycles. The van der Waals surface area contributed by atoms with Crippen molar-refractivity contribution in [3.8, 4) is 0 Å². The Bertz CT molecular complexity index is 389. The molecule has 0 aliphatic carbocycles. The van der Waals surface area contributed by atoms with Gasteiger partial charge in [0.15, 0.2) is 0 Å². The van der Waals surface area contributed by atoms with Crippen molar-refractivity contribution < 1.29 is 0 Å². The topological polar surface area (TPSA) is 44.3 Å². The van der Waals surface area contributed by atoms with Gasteiger partial charge in [-0.25, -0.2) is 9.97 Å².